The first-order chi connectivity index (χ1) is 12.6. The van der Waals surface area contributed by atoms with E-state index in [2.05, 4.69) is 53.5 Å². The van der Waals surface area contributed by atoms with Gasteiger partial charge in [0.2, 0.25) is 0 Å². The van der Waals surface area contributed by atoms with Crippen LogP contribution in [0, 0.1) is 6.92 Å². The largest absolute Gasteiger partial charge is 0.344 e. The summed E-state index contributed by atoms with van der Waals surface area (Å²) in [6, 6.07) is 22.5. The first-order valence-corrected chi connectivity index (χ1v) is 10.1. The highest BCUT2D eigenvalue weighted by atomic mass is 35.5. The Labute approximate surface area is 169 Å². The molecule has 26 heavy (non-hydrogen) atoms. The summed E-state index contributed by atoms with van der Waals surface area (Å²) in [6.07, 6.45) is 0.952. The number of benzene rings is 2. The van der Waals surface area contributed by atoms with Crippen LogP contribution in [0.15, 0.2) is 66.7 Å². The fraction of sp³-hybridized carbons (Fsp3) is 0.190. The Morgan fingerprint density at radius 3 is 2.42 bits per heavy atom. The molecule has 0 atom stereocenters. The van der Waals surface area contributed by atoms with Gasteiger partial charge in [-0.15, -0.1) is 11.3 Å². The fourth-order valence-corrected chi connectivity index (χ4v) is 3.96. The van der Waals surface area contributed by atoms with Crippen molar-refractivity contribution in [1.82, 2.24) is 4.90 Å². The van der Waals surface area contributed by atoms with E-state index in [0.29, 0.717) is 0 Å². The molecule has 1 aromatic heterocycles. The van der Waals surface area contributed by atoms with Crippen molar-refractivity contribution in [2.75, 3.05) is 11.9 Å². The summed E-state index contributed by atoms with van der Waals surface area (Å²) in [5.74, 6) is 0. The van der Waals surface area contributed by atoms with Gasteiger partial charge in [0.1, 0.15) is 0 Å². The number of halogens is 1. The van der Waals surface area contributed by atoms with Crippen LogP contribution in [0.3, 0.4) is 0 Å². The van der Waals surface area contributed by atoms with Gasteiger partial charge in [0, 0.05) is 27.0 Å². The summed E-state index contributed by atoms with van der Waals surface area (Å²) in [6.45, 7) is 3.80. The molecule has 1 N–H and O–H groups in total. The smallest absolute Gasteiger partial charge is 0.173 e. The third kappa shape index (κ3) is 5.56. The van der Waals surface area contributed by atoms with Crippen molar-refractivity contribution in [3.8, 4) is 0 Å². The van der Waals surface area contributed by atoms with Crippen molar-refractivity contribution in [3.63, 3.8) is 0 Å². The second-order valence-electron chi connectivity index (χ2n) is 6.11. The topological polar surface area (TPSA) is 15.3 Å². The molecule has 0 amide bonds. The number of hydrogen-bond acceptors (Lipinski definition) is 2. The summed E-state index contributed by atoms with van der Waals surface area (Å²) < 4.78 is 0. The molecular formula is C21H21ClN2S2. The van der Waals surface area contributed by atoms with Crippen molar-refractivity contribution in [3.05, 3.63) is 87.1 Å². The lowest BCUT2D eigenvalue weighted by atomic mass is 10.1. The van der Waals surface area contributed by atoms with Crippen molar-refractivity contribution >= 4 is 46.0 Å². The van der Waals surface area contributed by atoms with Crippen LogP contribution in [0.4, 0.5) is 5.69 Å². The normalized spacial score (nSPS) is 10.5. The molecule has 0 aliphatic rings. The molecule has 2 nitrogen and oxygen atoms in total. The molecule has 0 saturated heterocycles. The first kappa shape index (κ1) is 18.9. The summed E-state index contributed by atoms with van der Waals surface area (Å²) >= 11 is 13.5. The lowest BCUT2D eigenvalue weighted by Crippen LogP contribution is -2.35. The van der Waals surface area contributed by atoms with E-state index in [-0.39, 0.29) is 0 Å². The van der Waals surface area contributed by atoms with Crippen LogP contribution >= 0.6 is 35.2 Å². The average Bonchev–Trinajstić information content (AvgIpc) is 3.06. The molecule has 0 aliphatic carbocycles. The van der Waals surface area contributed by atoms with E-state index in [0.717, 1.165) is 35.3 Å². The van der Waals surface area contributed by atoms with E-state index >= 15 is 0 Å². The van der Waals surface area contributed by atoms with Gasteiger partial charge in [0.25, 0.3) is 0 Å². The highest BCUT2D eigenvalue weighted by Crippen LogP contribution is 2.19. The van der Waals surface area contributed by atoms with E-state index in [9.17, 15) is 0 Å². The number of anilines is 1. The highest BCUT2D eigenvalue weighted by Gasteiger charge is 2.12. The summed E-state index contributed by atoms with van der Waals surface area (Å²) in [4.78, 5) is 4.86. The van der Waals surface area contributed by atoms with Crippen LogP contribution in [0.5, 0.6) is 0 Å². The third-order valence-electron chi connectivity index (χ3n) is 4.04. The van der Waals surface area contributed by atoms with Gasteiger partial charge in [0.15, 0.2) is 5.11 Å². The number of aryl methyl sites for hydroxylation is 1. The maximum Gasteiger partial charge on any atom is 0.173 e. The molecule has 3 rings (SSSR count). The molecule has 0 saturated carbocycles. The minimum absolute atomic E-state index is 0.719. The fourth-order valence-electron chi connectivity index (χ4n) is 2.66. The van der Waals surface area contributed by atoms with Gasteiger partial charge in [-0.25, -0.2) is 0 Å². The predicted molar refractivity (Wildman–Crippen MR) is 117 cm³/mol. The number of nitrogens with zero attached hydrogens (tertiary/aromatic N) is 1. The number of thiocarbonyl (C=S) groups is 1. The lowest BCUT2D eigenvalue weighted by Gasteiger charge is -2.25. The standard InChI is InChI=1S/C21H21ClN2S2/c1-16-7-12-20(26-16)15-24(14-13-17-5-3-2-4-6-17)21(25)23-19-10-8-18(22)9-11-19/h2-12H,13-15H2,1H3,(H,23,25). The van der Waals surface area contributed by atoms with Gasteiger partial charge in [0.05, 0.1) is 6.54 Å². The third-order valence-corrected chi connectivity index (χ3v) is 5.64. The first-order valence-electron chi connectivity index (χ1n) is 8.51. The molecular weight excluding hydrogens is 380 g/mol. The van der Waals surface area contributed by atoms with Gasteiger partial charge in [-0.2, -0.15) is 0 Å². The van der Waals surface area contributed by atoms with Gasteiger partial charge >= 0.3 is 0 Å². The van der Waals surface area contributed by atoms with Crippen LogP contribution < -0.4 is 5.32 Å². The molecule has 0 fully saturated rings. The van der Waals surface area contributed by atoms with E-state index < -0.39 is 0 Å². The predicted octanol–water partition coefficient (Wildman–Crippen LogP) is 6.15. The van der Waals surface area contributed by atoms with Crippen LogP contribution in [-0.4, -0.2) is 16.6 Å². The Balaban J connectivity index is 1.70. The van der Waals surface area contributed by atoms with Gasteiger partial charge in [-0.3, -0.25) is 0 Å². The molecule has 3 aromatic rings. The van der Waals surface area contributed by atoms with Crippen LogP contribution in [0.2, 0.25) is 5.02 Å². The number of thiophene rings is 1. The van der Waals surface area contributed by atoms with Crippen molar-refractivity contribution in [2.24, 2.45) is 0 Å². The highest BCUT2D eigenvalue weighted by molar-refractivity contribution is 7.80. The molecule has 0 unspecified atom stereocenters. The quantitative estimate of drug-likeness (QED) is 0.499. The molecule has 0 aliphatic heterocycles. The minimum Gasteiger partial charge on any atom is -0.344 e. The maximum absolute atomic E-state index is 5.97. The molecule has 134 valence electrons. The Morgan fingerprint density at radius 2 is 1.77 bits per heavy atom. The molecule has 5 heteroatoms. The van der Waals surface area contributed by atoms with Crippen molar-refractivity contribution in [2.45, 2.75) is 19.9 Å². The van der Waals surface area contributed by atoms with Crippen LogP contribution in [0.25, 0.3) is 0 Å². The summed E-state index contributed by atoms with van der Waals surface area (Å²) in [5.41, 5.74) is 2.26. The zero-order valence-corrected chi connectivity index (χ0v) is 17.0. The molecule has 0 spiro atoms. The monoisotopic (exact) mass is 400 g/mol. The van der Waals surface area contributed by atoms with E-state index in [1.807, 2.05) is 41.7 Å². The molecule has 0 bridgehead atoms. The second kappa shape index (κ2) is 9.17. The number of nitrogens with one attached hydrogen (secondary N) is 1. The Morgan fingerprint density at radius 1 is 1.04 bits per heavy atom. The van der Waals surface area contributed by atoms with Crippen LogP contribution in [-0.2, 0) is 13.0 Å². The SMILES string of the molecule is Cc1ccc(CN(CCc2ccccc2)C(=S)Nc2ccc(Cl)cc2)s1. The minimum atomic E-state index is 0.719. The van der Waals surface area contributed by atoms with Crippen molar-refractivity contribution in [1.29, 1.82) is 0 Å². The molecule has 2 aromatic carbocycles. The van der Waals surface area contributed by atoms with Crippen LogP contribution in [0.1, 0.15) is 15.3 Å². The number of hydrogen-bond donors (Lipinski definition) is 1. The zero-order valence-electron chi connectivity index (χ0n) is 14.6. The van der Waals surface area contributed by atoms with Gasteiger partial charge < -0.3 is 10.2 Å². The van der Waals surface area contributed by atoms with Gasteiger partial charge in [-0.1, -0.05) is 41.9 Å². The van der Waals surface area contributed by atoms with E-state index in [1.54, 1.807) is 0 Å². The van der Waals surface area contributed by atoms with Crippen molar-refractivity contribution < 1.29 is 0 Å². The molecule has 1 heterocycles. The maximum atomic E-state index is 5.97. The average molecular weight is 401 g/mol. The van der Waals surface area contributed by atoms with E-state index in [1.165, 1.54) is 15.3 Å². The Bertz CT molecular complexity index is 844. The second-order valence-corrected chi connectivity index (χ2v) is 8.30. The Hall–Kier alpha value is -1.88. The number of rotatable bonds is 6. The lowest BCUT2D eigenvalue weighted by molar-refractivity contribution is 0.427. The van der Waals surface area contributed by atoms with Gasteiger partial charge in [-0.05, 0) is 67.5 Å². The summed E-state index contributed by atoms with van der Waals surface area (Å²) in [5, 5.41) is 4.79. The summed E-state index contributed by atoms with van der Waals surface area (Å²) in [7, 11) is 0. The Kier molecular flexibility index (Phi) is 6.67. The zero-order chi connectivity index (χ0) is 18.4. The molecule has 0 radical (unpaired) electrons. The van der Waals surface area contributed by atoms with E-state index in [4.69, 9.17) is 23.8 Å².